The molecule has 38 heavy (non-hydrogen) atoms. The minimum atomic E-state index is -2.06. The molecular weight excluding hydrogens is 483 g/mol. The zero-order valence-electron chi connectivity index (χ0n) is 21.4. The van der Waals surface area contributed by atoms with E-state index in [1.807, 2.05) is 52.0 Å². The molecule has 1 heterocycles. The Kier molecular flexibility index (Phi) is 5.94. The molecule has 7 heteroatoms. The molecule has 6 nitrogen and oxygen atoms in total. The number of hydrogen-bond donors (Lipinski definition) is 2. The molecule has 190 valence electrons. The lowest BCUT2D eigenvalue weighted by Crippen LogP contribution is -2.62. The molecule has 0 saturated carbocycles. The van der Waals surface area contributed by atoms with E-state index in [1.165, 1.54) is 24.3 Å². The van der Waals surface area contributed by atoms with Crippen LogP contribution < -0.4 is 10.6 Å². The third kappa shape index (κ3) is 3.78. The fraction of sp³-hybridized carbons (Fsp3) is 0.161. The number of amides is 4. The van der Waals surface area contributed by atoms with Crippen LogP contribution in [0.2, 0.25) is 0 Å². The predicted molar refractivity (Wildman–Crippen MR) is 142 cm³/mol. The van der Waals surface area contributed by atoms with Crippen LogP contribution in [-0.4, -0.2) is 23.6 Å². The molecule has 2 N–H and O–H groups in total. The number of carbonyl (C=O) groups excluding carboxylic acids is 4. The van der Waals surface area contributed by atoms with Crippen LogP contribution >= 0.6 is 0 Å². The molecule has 0 aromatic heterocycles. The van der Waals surface area contributed by atoms with Crippen LogP contribution in [0.4, 0.5) is 9.18 Å². The lowest BCUT2D eigenvalue weighted by Gasteiger charge is -2.36. The van der Waals surface area contributed by atoms with Crippen molar-refractivity contribution in [2.45, 2.75) is 27.7 Å². The molecule has 0 atom stereocenters. The number of allylic oxidation sites excluding steroid dienone is 2. The number of urea groups is 1. The first-order chi connectivity index (χ1) is 18.0. The Morgan fingerprint density at radius 3 is 1.92 bits per heavy atom. The average molecular weight is 509 g/mol. The maximum atomic E-state index is 14.1. The summed E-state index contributed by atoms with van der Waals surface area (Å²) in [5, 5.41) is 4.46. The van der Waals surface area contributed by atoms with Gasteiger partial charge < -0.3 is 0 Å². The lowest BCUT2D eigenvalue weighted by atomic mass is 9.68. The maximum absolute atomic E-state index is 14.1. The molecule has 4 amide bonds. The average Bonchev–Trinajstić information content (AvgIpc) is 3.20. The van der Waals surface area contributed by atoms with Gasteiger partial charge in [0.05, 0.1) is 0 Å². The monoisotopic (exact) mass is 508 g/mol. The van der Waals surface area contributed by atoms with E-state index < -0.39 is 34.9 Å². The summed E-state index contributed by atoms with van der Waals surface area (Å²) in [4.78, 5) is 53.9. The lowest BCUT2D eigenvalue weighted by molar-refractivity contribution is -0.136. The van der Waals surface area contributed by atoms with Crippen molar-refractivity contribution in [1.82, 2.24) is 10.6 Å². The number of Topliss-reactive ketones (excluding diaryl/α,β-unsaturated/α-hetero) is 1. The second kappa shape index (κ2) is 9.03. The second-order valence-corrected chi connectivity index (χ2v) is 9.81. The molecule has 1 saturated heterocycles. The summed E-state index contributed by atoms with van der Waals surface area (Å²) in [5.41, 5.74) is 3.20. The molecular formula is C31H25FN2O4. The molecule has 1 fully saturated rings. The molecule has 0 radical (unpaired) electrons. The molecule has 5 rings (SSSR count). The first-order valence-corrected chi connectivity index (χ1v) is 12.1. The van der Waals surface area contributed by atoms with Gasteiger partial charge in [0.15, 0.2) is 11.2 Å². The van der Waals surface area contributed by atoms with Crippen molar-refractivity contribution in [1.29, 1.82) is 0 Å². The summed E-state index contributed by atoms with van der Waals surface area (Å²) >= 11 is 0. The summed E-state index contributed by atoms with van der Waals surface area (Å²) in [5.74, 6) is -2.65. The largest absolute Gasteiger partial charge is 0.328 e. The zero-order chi connectivity index (χ0) is 27.4. The van der Waals surface area contributed by atoms with E-state index in [0.29, 0.717) is 16.7 Å². The van der Waals surface area contributed by atoms with Crippen molar-refractivity contribution in [3.05, 3.63) is 117 Å². The zero-order valence-corrected chi connectivity index (χ0v) is 21.4. The van der Waals surface area contributed by atoms with Crippen LogP contribution in [0.1, 0.15) is 43.7 Å². The highest BCUT2D eigenvalue weighted by atomic mass is 19.1. The minimum absolute atomic E-state index is 0.0972. The highest BCUT2D eigenvalue weighted by Crippen LogP contribution is 2.55. The number of rotatable bonds is 4. The molecule has 3 aromatic rings. The minimum Gasteiger partial charge on any atom is -0.289 e. The van der Waals surface area contributed by atoms with Crippen LogP contribution in [0, 0.1) is 38.9 Å². The first kappa shape index (κ1) is 25.0. The van der Waals surface area contributed by atoms with E-state index >= 15 is 0 Å². The van der Waals surface area contributed by atoms with Crippen LogP contribution in [0.5, 0.6) is 0 Å². The highest BCUT2D eigenvalue weighted by Gasteiger charge is 2.60. The number of benzene rings is 3. The quantitative estimate of drug-likeness (QED) is 0.377. The number of halogens is 1. The number of hydrogen-bond acceptors (Lipinski definition) is 4. The number of imide groups is 2. The Hall–Kier alpha value is -4.65. The van der Waals surface area contributed by atoms with E-state index in [-0.39, 0.29) is 16.7 Å². The molecule has 2 aliphatic rings. The fourth-order valence-corrected chi connectivity index (χ4v) is 5.44. The third-order valence-electron chi connectivity index (χ3n) is 7.15. The number of nitrogens with one attached hydrogen (secondary N) is 2. The second-order valence-electron chi connectivity index (χ2n) is 9.81. The Morgan fingerprint density at radius 1 is 0.763 bits per heavy atom. The van der Waals surface area contributed by atoms with Crippen molar-refractivity contribution >= 4 is 34.8 Å². The van der Waals surface area contributed by atoms with E-state index in [4.69, 9.17) is 0 Å². The molecule has 0 unspecified atom stereocenters. The molecule has 1 aliphatic carbocycles. The predicted octanol–water partition coefficient (Wildman–Crippen LogP) is 5.15. The smallest absolute Gasteiger partial charge is 0.289 e. The van der Waals surface area contributed by atoms with Crippen LogP contribution in [-0.2, 0) is 9.59 Å². The van der Waals surface area contributed by atoms with Crippen molar-refractivity contribution in [2.24, 2.45) is 5.41 Å². The van der Waals surface area contributed by atoms with Crippen molar-refractivity contribution < 1.29 is 23.6 Å². The summed E-state index contributed by atoms with van der Waals surface area (Å²) in [6.45, 7) is 7.51. The van der Waals surface area contributed by atoms with Crippen LogP contribution in [0.3, 0.4) is 0 Å². The topological polar surface area (TPSA) is 92.3 Å². The Labute approximate surface area is 219 Å². The van der Waals surface area contributed by atoms with Gasteiger partial charge in [-0.1, -0.05) is 59.7 Å². The van der Waals surface area contributed by atoms with Gasteiger partial charge in [-0.15, -0.1) is 0 Å². The summed E-state index contributed by atoms with van der Waals surface area (Å²) in [7, 11) is 0. The van der Waals surface area contributed by atoms with Gasteiger partial charge in [-0.25, -0.2) is 9.18 Å². The Morgan fingerprint density at radius 2 is 1.34 bits per heavy atom. The number of ketones is 1. The summed E-state index contributed by atoms with van der Waals surface area (Å²) in [6.07, 6.45) is 1.56. The van der Waals surface area contributed by atoms with Crippen molar-refractivity contribution in [3.8, 4) is 0 Å². The fourth-order valence-electron chi connectivity index (χ4n) is 5.44. The van der Waals surface area contributed by atoms with Crippen LogP contribution in [0.15, 0.2) is 72.3 Å². The van der Waals surface area contributed by atoms with E-state index in [9.17, 15) is 23.6 Å². The number of carbonyl (C=O) groups is 4. The van der Waals surface area contributed by atoms with E-state index in [1.54, 1.807) is 18.2 Å². The third-order valence-corrected chi connectivity index (χ3v) is 7.15. The molecule has 1 spiro atoms. The summed E-state index contributed by atoms with van der Waals surface area (Å²) < 4.78 is 14.0. The Bertz CT molecular complexity index is 1610. The van der Waals surface area contributed by atoms with Crippen LogP contribution in [0.25, 0.3) is 11.1 Å². The normalized spacial score (nSPS) is 16.4. The van der Waals surface area contributed by atoms with Crippen molar-refractivity contribution in [2.75, 3.05) is 0 Å². The van der Waals surface area contributed by atoms with Gasteiger partial charge in [0, 0.05) is 11.1 Å². The van der Waals surface area contributed by atoms with E-state index in [0.717, 1.165) is 22.3 Å². The SMILES string of the molecule is Cc1ccc(C(=O)C2=C(c3ccc(F)cc3)C3(C(=O)NC(=O)NC3=O)C(c3ccc(C)cc3C)=C2)c(C)c1. The number of aryl methyl sites for hydroxylation is 4. The van der Waals surface area contributed by atoms with Gasteiger partial charge in [-0.3, -0.25) is 25.0 Å². The van der Waals surface area contributed by atoms with Gasteiger partial charge in [-0.2, -0.15) is 0 Å². The summed E-state index contributed by atoms with van der Waals surface area (Å²) in [6, 6.07) is 15.3. The molecule has 1 aliphatic heterocycles. The maximum Gasteiger partial charge on any atom is 0.328 e. The molecule has 3 aromatic carbocycles. The van der Waals surface area contributed by atoms with Gasteiger partial charge in [0.25, 0.3) is 11.8 Å². The van der Waals surface area contributed by atoms with Gasteiger partial charge >= 0.3 is 6.03 Å². The Balaban J connectivity index is 1.88. The standard InChI is InChI=1S/C31H25FN2O4/c1-16-5-11-22(18(3)13-16)25-15-24(27(35)23-12-6-17(2)14-19(23)4)26(20-7-9-21(32)10-8-20)31(25)28(36)33-30(38)34-29(31)37/h5-15H,1-4H3,(H2,33,34,36,37,38). The molecule has 0 bridgehead atoms. The first-order valence-electron chi connectivity index (χ1n) is 12.1. The highest BCUT2D eigenvalue weighted by molar-refractivity contribution is 6.37. The van der Waals surface area contributed by atoms with Gasteiger partial charge in [0.1, 0.15) is 5.82 Å². The van der Waals surface area contributed by atoms with Gasteiger partial charge in [-0.05, 0) is 79.3 Å². The van der Waals surface area contributed by atoms with Gasteiger partial charge in [0.2, 0.25) is 0 Å². The van der Waals surface area contributed by atoms with E-state index in [2.05, 4.69) is 10.6 Å². The number of barbiturate groups is 1. The van der Waals surface area contributed by atoms with Crippen molar-refractivity contribution in [3.63, 3.8) is 0 Å².